The molecule has 3 rings (SSSR count). The minimum Gasteiger partial charge on any atom is -0.379 e. The van der Waals surface area contributed by atoms with Crippen molar-refractivity contribution in [1.82, 2.24) is 15.5 Å². The van der Waals surface area contributed by atoms with Crippen molar-refractivity contribution in [2.24, 2.45) is 11.8 Å². The second-order valence-corrected chi connectivity index (χ2v) is 12.2. The Balaban J connectivity index is 1.77. The minimum absolute atomic E-state index is 0.0338. The monoisotopic (exact) mass is 741 g/mol. The molecule has 2 heterocycles. The van der Waals surface area contributed by atoms with Crippen LogP contribution < -0.4 is 10.6 Å². The van der Waals surface area contributed by atoms with Crippen LogP contribution >= 0.6 is 0 Å². The number of amides is 2. The molecule has 0 bridgehead atoms. The first-order valence-corrected chi connectivity index (χ1v) is 16.0. The predicted octanol–water partition coefficient (Wildman–Crippen LogP) is 1.76. The van der Waals surface area contributed by atoms with E-state index in [0.29, 0.717) is 31.9 Å². The highest BCUT2D eigenvalue weighted by Gasteiger charge is 2.50. The molecule has 0 aliphatic carbocycles. The number of hydrogen-bond acceptors (Lipinski definition) is 11. The van der Waals surface area contributed by atoms with Gasteiger partial charge in [-0.05, 0) is 18.9 Å². The van der Waals surface area contributed by atoms with Gasteiger partial charge in [-0.3, -0.25) is 28.9 Å². The Morgan fingerprint density at radius 3 is 1.82 bits per heavy atom. The molecule has 19 heteroatoms. The van der Waals surface area contributed by atoms with Gasteiger partial charge in [0.15, 0.2) is 11.6 Å². The second kappa shape index (κ2) is 20.5. The van der Waals surface area contributed by atoms with E-state index in [0.717, 1.165) is 0 Å². The maximum absolute atomic E-state index is 13.4. The van der Waals surface area contributed by atoms with Gasteiger partial charge in [-0.15, -0.1) is 0 Å². The molecule has 1 aromatic carbocycles. The van der Waals surface area contributed by atoms with Crippen LogP contribution in [0.4, 0.5) is 26.3 Å². The summed E-state index contributed by atoms with van der Waals surface area (Å²) in [5, 5.41) is 4.54. The van der Waals surface area contributed by atoms with Crippen molar-refractivity contribution in [1.29, 1.82) is 0 Å². The topological polar surface area (TPSA) is 162 Å². The molecule has 0 radical (unpaired) electrons. The van der Waals surface area contributed by atoms with E-state index in [2.05, 4.69) is 24.8 Å². The zero-order valence-electron chi connectivity index (χ0n) is 27.7. The van der Waals surface area contributed by atoms with Gasteiger partial charge >= 0.3 is 19.8 Å². The van der Waals surface area contributed by atoms with Gasteiger partial charge in [-0.25, -0.2) is 0 Å². The molecule has 2 saturated heterocycles. The van der Waals surface area contributed by atoms with Crippen LogP contribution in [0.15, 0.2) is 30.3 Å². The molecule has 2 N–H and O–H groups in total. The van der Waals surface area contributed by atoms with Gasteiger partial charge in [0.25, 0.3) is 0 Å². The molecule has 0 spiro atoms. The summed E-state index contributed by atoms with van der Waals surface area (Å²) in [6.45, 7) is -10.5. The van der Waals surface area contributed by atoms with Crippen LogP contribution in [0.1, 0.15) is 25.3 Å². The lowest BCUT2D eigenvalue weighted by Crippen LogP contribution is -2.51. The Morgan fingerprint density at radius 2 is 1.29 bits per heavy atom. The first kappa shape index (κ1) is 41.9. The van der Waals surface area contributed by atoms with E-state index in [-0.39, 0.29) is 19.6 Å². The third-order valence-electron chi connectivity index (χ3n) is 8.12. The molecular weight excluding hydrogens is 700 g/mol. The number of Topliss-reactive ketones (excluding diaryl/α,β-unsaturated/α-hetero) is 3. The average Bonchev–Trinajstić information content (AvgIpc) is 3.84. The summed E-state index contributed by atoms with van der Waals surface area (Å²) >= 11 is 0. The minimum atomic E-state index is -3.44. The van der Waals surface area contributed by atoms with Crippen LogP contribution in [-0.4, -0.2) is 131 Å². The van der Waals surface area contributed by atoms with Crippen molar-refractivity contribution in [3.63, 3.8) is 0 Å². The van der Waals surface area contributed by atoms with E-state index in [4.69, 9.17) is 9.47 Å². The van der Waals surface area contributed by atoms with Gasteiger partial charge < -0.3 is 34.3 Å². The lowest BCUT2D eigenvalue weighted by molar-refractivity contribution is -0.158. The first-order chi connectivity index (χ1) is 24.2. The number of halogens is 6. The van der Waals surface area contributed by atoms with Crippen molar-refractivity contribution in [2.45, 2.75) is 63.7 Å². The normalized spacial score (nSPS) is 20.1. The Hall–Kier alpha value is -3.49. The van der Waals surface area contributed by atoms with E-state index < -0.39 is 111 Å². The van der Waals surface area contributed by atoms with Crippen LogP contribution in [0.2, 0.25) is 0 Å². The maximum Gasteiger partial charge on any atom is 0.345 e. The molecule has 13 nitrogen and oxygen atoms in total. The fourth-order valence-electron chi connectivity index (χ4n) is 5.21. The Labute approximate surface area is 289 Å². The van der Waals surface area contributed by atoms with E-state index in [1.165, 1.54) is 6.92 Å². The van der Waals surface area contributed by atoms with Crippen LogP contribution in [0, 0.1) is 11.8 Å². The number of nitrogens with one attached hydrogen (secondary N) is 2. The lowest BCUT2D eigenvalue weighted by atomic mass is 9.93. The third kappa shape index (κ3) is 14.9. The molecular formula is C32H41F6N3O10. The van der Waals surface area contributed by atoms with E-state index >= 15 is 0 Å². The second-order valence-electron chi connectivity index (χ2n) is 12.2. The van der Waals surface area contributed by atoms with Gasteiger partial charge in [0, 0.05) is 25.9 Å². The molecule has 2 aliphatic rings. The highest BCUT2D eigenvalue weighted by molar-refractivity contribution is 5.98. The molecule has 2 amide bonds. The summed E-state index contributed by atoms with van der Waals surface area (Å²) in [6, 6.07) is 5.25. The van der Waals surface area contributed by atoms with Gasteiger partial charge in [0.05, 0.1) is 64.1 Å². The van der Waals surface area contributed by atoms with Gasteiger partial charge in [-0.2, -0.15) is 26.3 Å². The first-order valence-electron chi connectivity index (χ1n) is 16.0. The number of carbonyl (C=O) groups excluding carboxylic acids is 5. The molecule has 1 aromatic rings. The molecule has 51 heavy (non-hydrogen) atoms. The summed E-state index contributed by atoms with van der Waals surface area (Å²) in [4.78, 5) is 67.7. The SMILES string of the molecule is C[C@]1(C(=O)[C@H](Cc2ccccc2)NC(=O)[C@H](COC(F)F)CC(=O)[C@H](COC(F)F)NC(=O)[C@H](COC(F)F)CC(=O)CN2CCOCC2)CO1. The number of epoxide rings is 1. The molecule has 2 aliphatic heterocycles. The number of morpholine rings is 1. The zero-order chi connectivity index (χ0) is 37.6. The number of nitrogens with zero attached hydrogens (tertiary/aromatic N) is 1. The molecule has 286 valence electrons. The van der Waals surface area contributed by atoms with E-state index in [1.807, 2.05) is 0 Å². The van der Waals surface area contributed by atoms with Gasteiger partial charge in [-0.1, -0.05) is 30.3 Å². The smallest absolute Gasteiger partial charge is 0.345 e. The number of alkyl halides is 6. The number of carbonyl (C=O) groups is 5. The Bertz CT molecular complexity index is 1300. The number of benzene rings is 1. The molecule has 0 saturated carbocycles. The predicted molar refractivity (Wildman–Crippen MR) is 163 cm³/mol. The summed E-state index contributed by atoms with van der Waals surface area (Å²) in [5.74, 6) is -7.88. The average molecular weight is 742 g/mol. The third-order valence-corrected chi connectivity index (χ3v) is 8.12. The highest BCUT2D eigenvalue weighted by atomic mass is 19.3. The number of ketones is 3. The van der Waals surface area contributed by atoms with Crippen LogP contribution in [0.25, 0.3) is 0 Å². The quantitative estimate of drug-likeness (QED) is 0.117. The van der Waals surface area contributed by atoms with Gasteiger partial charge in [0.1, 0.15) is 17.4 Å². The van der Waals surface area contributed by atoms with Crippen molar-refractivity contribution in [2.75, 3.05) is 59.3 Å². The Morgan fingerprint density at radius 1 is 0.784 bits per heavy atom. The number of rotatable bonds is 24. The summed E-state index contributed by atoms with van der Waals surface area (Å²) in [7, 11) is 0. The molecule has 5 atom stereocenters. The highest BCUT2D eigenvalue weighted by Crippen LogP contribution is 2.29. The van der Waals surface area contributed by atoms with Crippen molar-refractivity contribution in [3.05, 3.63) is 35.9 Å². The fraction of sp³-hybridized carbons (Fsp3) is 0.656. The van der Waals surface area contributed by atoms with Gasteiger partial charge in [0.2, 0.25) is 11.8 Å². The Kier molecular flexibility index (Phi) is 16.9. The van der Waals surface area contributed by atoms with E-state index in [9.17, 15) is 50.3 Å². The summed E-state index contributed by atoms with van der Waals surface area (Å²) in [6.07, 6.45) is -1.64. The maximum atomic E-state index is 13.4. The fourth-order valence-corrected chi connectivity index (χ4v) is 5.21. The number of ether oxygens (including phenoxy) is 5. The van der Waals surface area contributed by atoms with Crippen molar-refractivity contribution < 1.29 is 74.0 Å². The van der Waals surface area contributed by atoms with Crippen molar-refractivity contribution in [3.8, 4) is 0 Å². The molecule has 2 fully saturated rings. The largest absolute Gasteiger partial charge is 0.379 e. The van der Waals surface area contributed by atoms with Crippen LogP contribution in [0.5, 0.6) is 0 Å². The zero-order valence-corrected chi connectivity index (χ0v) is 27.7. The summed E-state index contributed by atoms with van der Waals surface area (Å²) < 4.78 is 101. The van der Waals surface area contributed by atoms with Crippen molar-refractivity contribution >= 4 is 29.2 Å². The lowest BCUT2D eigenvalue weighted by Gasteiger charge is -2.27. The summed E-state index contributed by atoms with van der Waals surface area (Å²) in [5.41, 5.74) is -0.592. The van der Waals surface area contributed by atoms with E-state index in [1.54, 1.807) is 35.2 Å². The van der Waals surface area contributed by atoms with Crippen LogP contribution in [0.3, 0.4) is 0 Å². The molecule has 0 aromatic heterocycles. The standard InChI is InChI=1S/C32H41F6N3O10/c1-32(18-51-32)26(44)23(11-19-5-3-2-4-6-19)39-28(46)21(16-49-30(35)36)13-25(43)24(17-50-31(37)38)40-27(45)20(15-48-29(33)34)12-22(42)14-41-7-9-47-10-8-41/h2-6,20-21,23-24,29-31H,7-18H2,1H3,(H,39,46)(H,40,45)/t20-,21-,23-,24-,32+/m0/s1. The molecule has 0 unspecified atom stereocenters. The van der Waals surface area contributed by atoms with Crippen LogP contribution in [-0.2, 0) is 54.1 Å². The number of hydrogen-bond donors (Lipinski definition) is 2.